The summed E-state index contributed by atoms with van der Waals surface area (Å²) >= 11 is 12.0. The molecule has 0 saturated heterocycles. The Labute approximate surface area is 231 Å². The van der Waals surface area contributed by atoms with Crippen LogP contribution in [-0.4, -0.2) is 22.7 Å². The maximum absolute atomic E-state index is 12.8. The summed E-state index contributed by atoms with van der Waals surface area (Å²) in [7, 11) is 0. The number of nitro benzene ring substituents is 1. The molecule has 4 aromatic carbocycles. The highest BCUT2D eigenvalue weighted by molar-refractivity contribution is 6.44. The summed E-state index contributed by atoms with van der Waals surface area (Å²) in [5, 5.41) is 11.1. The molecule has 0 atom stereocenters. The van der Waals surface area contributed by atoms with Crippen LogP contribution in [0.1, 0.15) is 36.6 Å². The highest BCUT2D eigenvalue weighted by Crippen LogP contribution is 2.34. The lowest BCUT2D eigenvalue weighted by Gasteiger charge is -2.14. The summed E-state index contributed by atoms with van der Waals surface area (Å²) < 4.78 is 11.0. The zero-order chi connectivity index (χ0) is 27.7. The molecule has 1 heterocycles. The zero-order valence-electron chi connectivity index (χ0n) is 19.8. The molecule has 11 heteroatoms. The highest BCUT2D eigenvalue weighted by Gasteiger charge is 2.37. The molecular weight excluding hydrogens is 547 g/mol. The van der Waals surface area contributed by atoms with Gasteiger partial charge in [-0.25, -0.2) is 9.69 Å². The molecule has 5 rings (SSSR count). The van der Waals surface area contributed by atoms with Crippen LogP contribution in [-0.2, 0) is 11.3 Å². The summed E-state index contributed by atoms with van der Waals surface area (Å²) in [6, 6.07) is 21.1. The van der Waals surface area contributed by atoms with Gasteiger partial charge in [0.05, 0.1) is 37.3 Å². The van der Waals surface area contributed by atoms with Crippen molar-refractivity contribution in [3.05, 3.63) is 127 Å². The smallest absolute Gasteiger partial charge is 0.338 e. The molecule has 0 unspecified atom stereocenters. The lowest BCUT2D eigenvalue weighted by molar-refractivity contribution is -0.384. The van der Waals surface area contributed by atoms with Gasteiger partial charge in [0.1, 0.15) is 18.1 Å². The Bertz CT molecular complexity index is 1580. The van der Waals surface area contributed by atoms with Crippen LogP contribution in [0.15, 0.2) is 84.9 Å². The number of carbonyl (C=O) groups is 3. The Morgan fingerprint density at radius 1 is 0.795 bits per heavy atom. The van der Waals surface area contributed by atoms with Crippen LogP contribution in [0.4, 0.5) is 11.4 Å². The van der Waals surface area contributed by atoms with Gasteiger partial charge in [0.2, 0.25) is 0 Å². The van der Waals surface area contributed by atoms with Gasteiger partial charge in [0.25, 0.3) is 17.5 Å². The van der Waals surface area contributed by atoms with Crippen LogP contribution >= 0.6 is 23.2 Å². The number of benzene rings is 4. The number of esters is 1. The number of hydrogen-bond donors (Lipinski definition) is 0. The average molecular weight is 563 g/mol. The van der Waals surface area contributed by atoms with Gasteiger partial charge >= 0.3 is 5.97 Å². The first kappa shape index (κ1) is 25.9. The first-order chi connectivity index (χ1) is 18.7. The maximum atomic E-state index is 12.8. The van der Waals surface area contributed by atoms with Crippen molar-refractivity contribution in [2.45, 2.75) is 6.61 Å². The van der Waals surface area contributed by atoms with Crippen molar-refractivity contribution in [3.63, 3.8) is 0 Å². The van der Waals surface area contributed by atoms with Gasteiger partial charge in [-0.1, -0.05) is 35.3 Å². The van der Waals surface area contributed by atoms with Crippen molar-refractivity contribution < 1.29 is 28.8 Å². The molecule has 0 saturated carbocycles. The molecule has 0 N–H and O–H groups in total. The summed E-state index contributed by atoms with van der Waals surface area (Å²) in [5.41, 5.74) is 1.50. The average Bonchev–Trinajstić information content (AvgIpc) is 3.17. The third-order valence-electron chi connectivity index (χ3n) is 5.87. The minimum Gasteiger partial charge on any atom is -0.457 e. The Morgan fingerprint density at radius 3 is 1.82 bits per heavy atom. The van der Waals surface area contributed by atoms with Gasteiger partial charge in [-0.2, -0.15) is 0 Å². The van der Waals surface area contributed by atoms with Crippen LogP contribution in [0, 0.1) is 10.1 Å². The zero-order valence-corrected chi connectivity index (χ0v) is 21.3. The Balaban J connectivity index is 1.19. The second-order valence-corrected chi connectivity index (χ2v) is 9.19. The summed E-state index contributed by atoms with van der Waals surface area (Å²) in [5.74, 6) is -0.715. The highest BCUT2D eigenvalue weighted by atomic mass is 35.5. The fraction of sp³-hybridized carbons (Fsp3) is 0.0357. The van der Waals surface area contributed by atoms with E-state index in [4.69, 9.17) is 32.7 Å². The Hall–Kier alpha value is -4.73. The normalized spacial score (nSPS) is 12.3. The molecule has 2 amide bonds. The van der Waals surface area contributed by atoms with Crippen molar-refractivity contribution >= 4 is 52.4 Å². The second-order valence-electron chi connectivity index (χ2n) is 8.38. The van der Waals surface area contributed by atoms with E-state index in [0.717, 1.165) is 4.90 Å². The van der Waals surface area contributed by atoms with E-state index in [1.165, 1.54) is 60.7 Å². The van der Waals surface area contributed by atoms with E-state index < -0.39 is 22.7 Å². The van der Waals surface area contributed by atoms with E-state index in [-0.39, 0.29) is 44.7 Å². The number of amides is 2. The summed E-state index contributed by atoms with van der Waals surface area (Å²) in [6.45, 7) is -0.00167. The molecule has 39 heavy (non-hydrogen) atoms. The van der Waals surface area contributed by atoms with E-state index in [1.807, 2.05) is 0 Å². The van der Waals surface area contributed by atoms with Crippen molar-refractivity contribution in [1.82, 2.24) is 0 Å². The van der Waals surface area contributed by atoms with Gasteiger partial charge in [-0.05, 0) is 66.2 Å². The van der Waals surface area contributed by atoms with Crippen molar-refractivity contribution in [2.24, 2.45) is 0 Å². The van der Waals surface area contributed by atoms with Gasteiger partial charge in [0.15, 0.2) is 0 Å². The van der Waals surface area contributed by atoms with Gasteiger partial charge in [-0.15, -0.1) is 0 Å². The van der Waals surface area contributed by atoms with Gasteiger partial charge < -0.3 is 9.47 Å². The molecule has 9 nitrogen and oxygen atoms in total. The number of nitro groups is 1. The molecule has 0 fully saturated rings. The number of hydrogen-bond acceptors (Lipinski definition) is 7. The largest absolute Gasteiger partial charge is 0.457 e. The summed E-state index contributed by atoms with van der Waals surface area (Å²) in [4.78, 5) is 49.4. The van der Waals surface area contributed by atoms with Crippen LogP contribution in [0.2, 0.25) is 10.0 Å². The number of anilines is 1. The maximum Gasteiger partial charge on any atom is 0.338 e. The van der Waals surface area contributed by atoms with E-state index in [9.17, 15) is 24.5 Å². The first-order valence-corrected chi connectivity index (χ1v) is 12.1. The molecule has 0 spiro atoms. The molecule has 0 aromatic heterocycles. The van der Waals surface area contributed by atoms with Crippen LogP contribution in [0.25, 0.3) is 0 Å². The number of nitrogens with zero attached hydrogens (tertiary/aromatic N) is 2. The van der Waals surface area contributed by atoms with Crippen LogP contribution in [0.3, 0.4) is 0 Å². The summed E-state index contributed by atoms with van der Waals surface area (Å²) in [6.07, 6.45) is 0. The van der Waals surface area contributed by atoms with Gasteiger partial charge in [0, 0.05) is 12.1 Å². The molecule has 1 aliphatic rings. The molecule has 1 aliphatic heterocycles. The number of fused-ring (bicyclic) bond motifs is 1. The quantitative estimate of drug-likeness (QED) is 0.104. The number of halogens is 2. The van der Waals surface area contributed by atoms with E-state index in [2.05, 4.69) is 0 Å². The van der Waals surface area contributed by atoms with E-state index in [1.54, 1.807) is 24.3 Å². The number of imide groups is 1. The number of ether oxygens (including phenoxy) is 2. The van der Waals surface area contributed by atoms with E-state index in [0.29, 0.717) is 17.1 Å². The molecule has 0 bridgehead atoms. The van der Waals surface area contributed by atoms with Crippen molar-refractivity contribution in [1.29, 1.82) is 0 Å². The van der Waals surface area contributed by atoms with Gasteiger partial charge in [-0.3, -0.25) is 19.7 Å². The lowest BCUT2D eigenvalue weighted by atomic mass is 10.1. The number of non-ortho nitro benzene ring substituents is 1. The Morgan fingerprint density at radius 2 is 1.31 bits per heavy atom. The first-order valence-electron chi connectivity index (χ1n) is 11.4. The fourth-order valence-electron chi connectivity index (χ4n) is 3.87. The topological polar surface area (TPSA) is 116 Å². The third kappa shape index (κ3) is 5.31. The van der Waals surface area contributed by atoms with Crippen molar-refractivity contribution in [3.8, 4) is 11.5 Å². The third-order valence-corrected chi connectivity index (χ3v) is 6.59. The van der Waals surface area contributed by atoms with Crippen molar-refractivity contribution in [2.75, 3.05) is 4.90 Å². The molecule has 0 aliphatic carbocycles. The molecular formula is C28H16Cl2N2O7. The number of carbonyl (C=O) groups excluding carboxylic acids is 3. The molecule has 194 valence electrons. The SMILES string of the molecule is O=C(OCc1ccc(Oc2ccc([N+](=O)[O-])cc2)cc1)c1ccc(N2C(=O)c3cc(Cl)c(Cl)cc3C2=O)cc1. The van der Waals surface area contributed by atoms with Crippen LogP contribution in [0.5, 0.6) is 11.5 Å². The second kappa shape index (κ2) is 10.6. The fourth-order valence-corrected chi connectivity index (χ4v) is 4.20. The number of rotatable bonds is 7. The molecule has 0 radical (unpaired) electrons. The standard InChI is InChI=1S/C28H16Cl2N2O7/c29-24-13-22-23(14-25(24)30)27(34)31(26(22)33)18-5-3-17(4-6-18)28(35)38-15-16-1-9-20(10-2-16)39-21-11-7-19(8-12-21)32(36)37/h1-14H,15H2. The predicted octanol–water partition coefficient (Wildman–Crippen LogP) is 6.85. The monoisotopic (exact) mass is 562 g/mol. The van der Waals surface area contributed by atoms with E-state index >= 15 is 0 Å². The molecule has 4 aromatic rings. The minimum atomic E-state index is -0.589. The van der Waals surface area contributed by atoms with Crippen LogP contribution < -0.4 is 9.64 Å². The lowest BCUT2D eigenvalue weighted by Crippen LogP contribution is -2.29. The minimum absolute atomic E-state index is 0.00167. The Kier molecular flexibility index (Phi) is 7.02. The predicted molar refractivity (Wildman–Crippen MR) is 143 cm³/mol.